The van der Waals surface area contributed by atoms with Crippen LogP contribution in [0.4, 0.5) is 5.69 Å². The van der Waals surface area contributed by atoms with Gasteiger partial charge in [0.2, 0.25) is 0 Å². The van der Waals surface area contributed by atoms with Crippen molar-refractivity contribution in [3.05, 3.63) is 103 Å². The number of nitrogens with zero attached hydrogens (tertiary/aromatic N) is 2. The molecule has 2 aromatic heterocycles. The third-order valence-corrected chi connectivity index (χ3v) is 5.11. The fourth-order valence-corrected chi connectivity index (χ4v) is 3.55. The molecule has 4 nitrogen and oxygen atoms in total. The van der Waals surface area contributed by atoms with Crippen molar-refractivity contribution < 1.29 is 0 Å². The number of nitrogens with one attached hydrogen (secondary N) is 2. The molecule has 0 amide bonds. The number of aromatic amines is 1. The Labute approximate surface area is 184 Å². The lowest BCUT2D eigenvalue weighted by atomic mass is 9.96. The van der Waals surface area contributed by atoms with Crippen LogP contribution in [-0.2, 0) is 0 Å². The van der Waals surface area contributed by atoms with Crippen LogP contribution in [0.15, 0.2) is 90.9 Å². The van der Waals surface area contributed by atoms with Gasteiger partial charge in [-0.2, -0.15) is 0 Å². The second-order valence-electron chi connectivity index (χ2n) is 7.60. The third-order valence-electron chi connectivity index (χ3n) is 5.11. The zero-order valence-electron chi connectivity index (χ0n) is 18.7. The van der Waals surface area contributed by atoms with Crippen molar-refractivity contribution >= 4 is 27.9 Å². The number of allylic oxidation sites excluding steroid dienone is 4. The van der Waals surface area contributed by atoms with E-state index >= 15 is 0 Å². The van der Waals surface area contributed by atoms with E-state index in [0.717, 1.165) is 44.8 Å². The van der Waals surface area contributed by atoms with Gasteiger partial charge in [0, 0.05) is 46.0 Å². The Balaban J connectivity index is 2.06. The normalized spacial score (nSPS) is 13.5. The van der Waals surface area contributed by atoms with Crippen molar-refractivity contribution in [2.24, 2.45) is 4.99 Å². The van der Waals surface area contributed by atoms with E-state index in [1.807, 2.05) is 63.5 Å². The first-order chi connectivity index (χ1) is 14.9. The topological polar surface area (TPSA) is 53.1 Å². The van der Waals surface area contributed by atoms with Crippen molar-refractivity contribution in [3.63, 3.8) is 0 Å². The maximum atomic E-state index is 4.87. The number of anilines is 1. The minimum Gasteiger partial charge on any atom is -0.373 e. The lowest BCUT2D eigenvalue weighted by molar-refractivity contribution is 1.00. The van der Waals surface area contributed by atoms with E-state index in [0.29, 0.717) is 0 Å². The SMILES string of the molecule is C=C\C=C/C(C)=N/C(=C\C)C(Nc1ccnc(C)c1)C(=C)c1c[nH]c2cc(C)ccc12. The van der Waals surface area contributed by atoms with Gasteiger partial charge in [-0.15, -0.1) is 0 Å². The van der Waals surface area contributed by atoms with E-state index in [2.05, 4.69) is 53.6 Å². The maximum absolute atomic E-state index is 4.87. The van der Waals surface area contributed by atoms with E-state index in [9.17, 15) is 0 Å². The highest BCUT2D eigenvalue weighted by atomic mass is 15.0. The Morgan fingerprint density at radius 3 is 2.74 bits per heavy atom. The second kappa shape index (κ2) is 9.90. The number of hydrogen-bond donors (Lipinski definition) is 2. The van der Waals surface area contributed by atoms with E-state index < -0.39 is 0 Å². The quantitative estimate of drug-likeness (QED) is 0.318. The fourth-order valence-electron chi connectivity index (χ4n) is 3.55. The summed E-state index contributed by atoms with van der Waals surface area (Å²) in [7, 11) is 0. The molecule has 0 aliphatic heterocycles. The molecular weight excluding hydrogens is 380 g/mol. The van der Waals surface area contributed by atoms with Gasteiger partial charge >= 0.3 is 0 Å². The Morgan fingerprint density at radius 1 is 1.23 bits per heavy atom. The highest BCUT2D eigenvalue weighted by Gasteiger charge is 2.21. The average Bonchev–Trinajstić information content (AvgIpc) is 3.17. The summed E-state index contributed by atoms with van der Waals surface area (Å²) in [6.45, 7) is 16.3. The van der Waals surface area contributed by atoms with E-state index in [4.69, 9.17) is 4.99 Å². The van der Waals surface area contributed by atoms with Crippen LogP contribution in [0.1, 0.15) is 30.7 Å². The van der Waals surface area contributed by atoms with Gasteiger partial charge in [-0.05, 0) is 63.1 Å². The first-order valence-electron chi connectivity index (χ1n) is 10.4. The minimum atomic E-state index is -0.209. The number of hydrogen-bond acceptors (Lipinski definition) is 3. The molecule has 0 saturated carbocycles. The molecule has 0 aliphatic rings. The summed E-state index contributed by atoms with van der Waals surface area (Å²) in [4.78, 5) is 12.6. The summed E-state index contributed by atoms with van der Waals surface area (Å²) < 4.78 is 0. The Hall–Kier alpha value is -3.66. The van der Waals surface area contributed by atoms with E-state index in [1.165, 1.54) is 5.56 Å². The highest BCUT2D eigenvalue weighted by Crippen LogP contribution is 2.31. The van der Waals surface area contributed by atoms with Crippen LogP contribution in [0.2, 0.25) is 0 Å². The molecular formula is C27H30N4. The van der Waals surface area contributed by atoms with Crippen LogP contribution in [0.5, 0.6) is 0 Å². The van der Waals surface area contributed by atoms with Crippen molar-refractivity contribution in [2.45, 2.75) is 33.7 Å². The fraction of sp³-hybridized carbons (Fsp3) is 0.185. The van der Waals surface area contributed by atoms with Crippen molar-refractivity contribution in [2.75, 3.05) is 5.32 Å². The largest absolute Gasteiger partial charge is 0.373 e. The molecule has 158 valence electrons. The number of H-pyrrole nitrogens is 1. The summed E-state index contributed by atoms with van der Waals surface area (Å²) in [6.07, 6.45) is 11.4. The lowest BCUT2D eigenvalue weighted by Crippen LogP contribution is -2.23. The number of aromatic nitrogens is 2. The Morgan fingerprint density at radius 2 is 2.03 bits per heavy atom. The maximum Gasteiger partial charge on any atom is 0.0937 e. The summed E-state index contributed by atoms with van der Waals surface area (Å²) >= 11 is 0. The highest BCUT2D eigenvalue weighted by molar-refractivity contribution is 5.96. The molecule has 1 atom stereocenters. The molecule has 4 heteroatoms. The van der Waals surface area contributed by atoms with E-state index in [1.54, 1.807) is 6.08 Å². The molecule has 3 aromatic rings. The molecule has 0 bridgehead atoms. The van der Waals surface area contributed by atoms with Crippen LogP contribution in [-0.4, -0.2) is 21.7 Å². The number of pyridine rings is 1. The van der Waals surface area contributed by atoms with Gasteiger partial charge in [-0.25, -0.2) is 0 Å². The van der Waals surface area contributed by atoms with E-state index in [-0.39, 0.29) is 6.04 Å². The van der Waals surface area contributed by atoms with Gasteiger partial charge in [-0.3, -0.25) is 9.98 Å². The Bertz CT molecular complexity index is 1190. The van der Waals surface area contributed by atoms with Gasteiger partial charge in [0.05, 0.1) is 11.7 Å². The zero-order valence-corrected chi connectivity index (χ0v) is 18.7. The molecule has 3 rings (SSSR count). The van der Waals surface area contributed by atoms with Crippen LogP contribution >= 0.6 is 0 Å². The number of benzene rings is 1. The molecule has 1 unspecified atom stereocenters. The van der Waals surface area contributed by atoms with Gasteiger partial charge < -0.3 is 10.3 Å². The average molecular weight is 411 g/mol. The van der Waals surface area contributed by atoms with Crippen LogP contribution < -0.4 is 5.32 Å². The first-order valence-corrected chi connectivity index (χ1v) is 10.4. The predicted molar refractivity (Wildman–Crippen MR) is 135 cm³/mol. The summed E-state index contributed by atoms with van der Waals surface area (Å²) in [5.74, 6) is 0. The van der Waals surface area contributed by atoms with Gasteiger partial charge in [0.25, 0.3) is 0 Å². The van der Waals surface area contributed by atoms with Crippen LogP contribution in [0, 0.1) is 13.8 Å². The van der Waals surface area contributed by atoms with Crippen LogP contribution in [0.3, 0.4) is 0 Å². The molecule has 0 spiro atoms. The Kier molecular flexibility index (Phi) is 7.03. The molecule has 2 heterocycles. The van der Waals surface area contributed by atoms with Crippen molar-refractivity contribution in [3.8, 4) is 0 Å². The molecule has 0 radical (unpaired) electrons. The van der Waals surface area contributed by atoms with Crippen LogP contribution in [0.25, 0.3) is 16.5 Å². The standard InChI is InChI=1S/C27H30N4/c1-7-9-10-19(4)30-25(8-2)27(31-22-13-14-28-20(5)16-22)21(6)24-17-29-26-15-18(3)11-12-23(24)26/h7-17,27,29H,1,6H2,2-5H3,(H,28,31)/b10-9-,25-8-,30-19+. The number of aryl methyl sites for hydroxylation is 2. The monoisotopic (exact) mass is 410 g/mol. The molecule has 31 heavy (non-hydrogen) atoms. The minimum absolute atomic E-state index is 0.209. The molecule has 0 aliphatic carbocycles. The molecule has 2 N–H and O–H groups in total. The zero-order chi connectivity index (χ0) is 22.4. The van der Waals surface area contributed by atoms with Crippen molar-refractivity contribution in [1.82, 2.24) is 9.97 Å². The van der Waals surface area contributed by atoms with Gasteiger partial charge in [0.1, 0.15) is 0 Å². The number of rotatable bonds is 8. The smallest absolute Gasteiger partial charge is 0.0937 e. The molecule has 0 fully saturated rings. The summed E-state index contributed by atoms with van der Waals surface area (Å²) in [5, 5.41) is 4.77. The summed E-state index contributed by atoms with van der Waals surface area (Å²) in [5.41, 5.74) is 8.06. The third kappa shape index (κ3) is 5.28. The second-order valence-corrected chi connectivity index (χ2v) is 7.60. The first kappa shape index (κ1) is 22.0. The number of aliphatic imine (C=N–C) groups is 1. The summed E-state index contributed by atoms with van der Waals surface area (Å²) in [6, 6.07) is 10.2. The molecule has 1 aromatic carbocycles. The van der Waals surface area contributed by atoms with Crippen molar-refractivity contribution in [1.29, 1.82) is 0 Å². The number of fused-ring (bicyclic) bond motifs is 1. The van der Waals surface area contributed by atoms with Gasteiger partial charge in [0.15, 0.2) is 0 Å². The predicted octanol–water partition coefficient (Wildman–Crippen LogP) is 6.78. The lowest BCUT2D eigenvalue weighted by Gasteiger charge is -2.23. The molecule has 0 saturated heterocycles. The van der Waals surface area contributed by atoms with Gasteiger partial charge in [-0.1, -0.05) is 43.5 Å².